The highest BCUT2D eigenvalue weighted by molar-refractivity contribution is 5.71. The third-order valence-corrected chi connectivity index (χ3v) is 1.73. The van der Waals surface area contributed by atoms with Crippen molar-refractivity contribution < 1.29 is 13.9 Å². The van der Waals surface area contributed by atoms with Crippen molar-refractivity contribution >= 4 is 5.97 Å². The molecule has 12 heavy (non-hydrogen) atoms. The Labute approximate surface area is 71.5 Å². The van der Waals surface area contributed by atoms with Crippen LogP contribution < -0.4 is 0 Å². The molecule has 0 bridgehead atoms. The Kier molecular flexibility index (Phi) is 2.67. The second-order valence-corrected chi connectivity index (χ2v) is 3.55. The smallest absolute Gasteiger partial charge is 0.320 e. The van der Waals surface area contributed by atoms with Crippen molar-refractivity contribution in [2.75, 3.05) is 27.2 Å². The van der Waals surface area contributed by atoms with E-state index in [0.29, 0.717) is 12.8 Å². The first-order valence-corrected chi connectivity index (χ1v) is 4.01. The van der Waals surface area contributed by atoms with Gasteiger partial charge in [0.25, 0.3) is 0 Å². The van der Waals surface area contributed by atoms with Crippen molar-refractivity contribution in [3.8, 4) is 0 Å². The molecule has 0 aliphatic heterocycles. The fraction of sp³-hybridized carbons (Fsp3) is 0.875. The van der Waals surface area contributed by atoms with Crippen LogP contribution in [0.4, 0.5) is 4.39 Å². The van der Waals surface area contributed by atoms with Crippen molar-refractivity contribution in [2.45, 2.75) is 18.5 Å². The summed E-state index contributed by atoms with van der Waals surface area (Å²) in [6, 6.07) is 0. The number of esters is 1. The molecule has 0 radical (unpaired) electrons. The number of carbonyl (C=O) groups excluding carboxylic acids is 1. The van der Waals surface area contributed by atoms with Crippen molar-refractivity contribution in [1.82, 2.24) is 4.90 Å². The first-order valence-electron chi connectivity index (χ1n) is 4.01. The fourth-order valence-corrected chi connectivity index (χ4v) is 0.794. The summed E-state index contributed by atoms with van der Waals surface area (Å²) in [5.74, 6) is -0.357. The van der Waals surface area contributed by atoms with E-state index < -0.39 is 5.67 Å². The minimum atomic E-state index is -1.19. The lowest BCUT2D eigenvalue weighted by Gasteiger charge is -2.10. The molecule has 3 nitrogen and oxygen atoms in total. The molecule has 0 aromatic heterocycles. The van der Waals surface area contributed by atoms with Crippen LogP contribution in [0.1, 0.15) is 12.8 Å². The van der Waals surface area contributed by atoms with Gasteiger partial charge in [0.2, 0.25) is 0 Å². The zero-order valence-corrected chi connectivity index (χ0v) is 7.47. The number of hydrogen-bond acceptors (Lipinski definition) is 3. The molecule has 1 aliphatic rings. The standard InChI is InChI=1S/C8H14FNO2/c1-10(2)5-7(11)12-6-8(9)3-4-8/h3-6H2,1-2H3. The number of hydrogen-bond donors (Lipinski definition) is 0. The van der Waals surface area contributed by atoms with Crippen molar-refractivity contribution in [1.29, 1.82) is 0 Å². The molecule has 1 saturated carbocycles. The predicted octanol–water partition coefficient (Wildman–Crippen LogP) is 0.593. The highest BCUT2D eigenvalue weighted by atomic mass is 19.1. The molecule has 70 valence electrons. The van der Waals surface area contributed by atoms with Crippen LogP contribution in [0, 0.1) is 0 Å². The maximum atomic E-state index is 12.9. The molecule has 0 saturated heterocycles. The van der Waals surface area contributed by atoms with Crippen LogP contribution in [0.2, 0.25) is 0 Å². The predicted molar refractivity (Wildman–Crippen MR) is 42.6 cm³/mol. The second-order valence-electron chi connectivity index (χ2n) is 3.55. The van der Waals surface area contributed by atoms with Crippen LogP contribution in [0.5, 0.6) is 0 Å². The lowest BCUT2D eigenvalue weighted by atomic mass is 10.4. The van der Waals surface area contributed by atoms with Gasteiger partial charge in [0.15, 0.2) is 0 Å². The Morgan fingerprint density at radius 2 is 2.17 bits per heavy atom. The minimum absolute atomic E-state index is 0.0698. The van der Waals surface area contributed by atoms with Gasteiger partial charge in [0.1, 0.15) is 12.3 Å². The van der Waals surface area contributed by atoms with Gasteiger partial charge >= 0.3 is 5.97 Å². The summed E-state index contributed by atoms with van der Waals surface area (Å²) in [7, 11) is 3.53. The molecular weight excluding hydrogens is 161 g/mol. The largest absolute Gasteiger partial charge is 0.461 e. The lowest BCUT2D eigenvalue weighted by Crippen LogP contribution is -2.26. The van der Waals surface area contributed by atoms with E-state index in [4.69, 9.17) is 4.74 Å². The van der Waals surface area contributed by atoms with E-state index in [2.05, 4.69) is 0 Å². The van der Waals surface area contributed by atoms with E-state index in [9.17, 15) is 9.18 Å². The average Bonchev–Trinajstić information content (AvgIpc) is 2.64. The molecule has 0 N–H and O–H groups in total. The molecule has 0 spiro atoms. The van der Waals surface area contributed by atoms with Crippen molar-refractivity contribution in [3.63, 3.8) is 0 Å². The minimum Gasteiger partial charge on any atom is -0.461 e. The zero-order chi connectivity index (χ0) is 9.19. The number of rotatable bonds is 4. The molecule has 0 aromatic rings. The van der Waals surface area contributed by atoms with E-state index in [1.54, 1.807) is 19.0 Å². The second kappa shape index (κ2) is 3.39. The molecule has 0 amide bonds. The van der Waals surface area contributed by atoms with Gasteiger partial charge in [-0.15, -0.1) is 0 Å². The Balaban J connectivity index is 2.10. The summed E-state index contributed by atoms with van der Waals surface area (Å²) >= 11 is 0. The highest BCUT2D eigenvalue weighted by Crippen LogP contribution is 2.39. The highest BCUT2D eigenvalue weighted by Gasteiger charge is 2.44. The summed E-state index contributed by atoms with van der Waals surface area (Å²) in [6.45, 7) is 0.149. The first kappa shape index (κ1) is 9.45. The average molecular weight is 175 g/mol. The topological polar surface area (TPSA) is 29.5 Å². The summed E-state index contributed by atoms with van der Waals surface area (Å²) in [6.07, 6.45) is 1.06. The molecule has 1 rings (SSSR count). The molecule has 4 heteroatoms. The number of carbonyl (C=O) groups is 1. The molecular formula is C8H14FNO2. The lowest BCUT2D eigenvalue weighted by molar-refractivity contribution is -0.146. The van der Waals surface area contributed by atoms with Gasteiger partial charge in [0, 0.05) is 0 Å². The van der Waals surface area contributed by atoms with Crippen LogP contribution in [-0.2, 0) is 9.53 Å². The summed E-state index contributed by atoms with van der Waals surface area (Å²) in [5, 5.41) is 0. The number of likely N-dealkylation sites (N-methyl/N-ethyl adjacent to an activating group) is 1. The van der Waals surface area contributed by atoms with Gasteiger partial charge in [-0.3, -0.25) is 9.69 Å². The third-order valence-electron chi connectivity index (χ3n) is 1.73. The van der Waals surface area contributed by atoms with E-state index >= 15 is 0 Å². The zero-order valence-electron chi connectivity index (χ0n) is 7.47. The Morgan fingerprint density at radius 1 is 1.58 bits per heavy atom. The van der Waals surface area contributed by atoms with Gasteiger partial charge in [-0.2, -0.15) is 0 Å². The number of ether oxygens (including phenoxy) is 1. The van der Waals surface area contributed by atoms with Crippen LogP contribution >= 0.6 is 0 Å². The molecule has 1 aliphatic carbocycles. The van der Waals surface area contributed by atoms with Gasteiger partial charge in [0.05, 0.1) is 6.54 Å². The van der Waals surface area contributed by atoms with Crippen molar-refractivity contribution in [3.05, 3.63) is 0 Å². The summed E-state index contributed by atoms with van der Waals surface area (Å²) in [4.78, 5) is 12.6. The molecule has 0 unspecified atom stereocenters. The molecule has 1 fully saturated rings. The maximum Gasteiger partial charge on any atom is 0.320 e. The summed E-state index contributed by atoms with van der Waals surface area (Å²) < 4.78 is 17.6. The van der Waals surface area contributed by atoms with E-state index in [0.717, 1.165) is 0 Å². The number of halogens is 1. The first-order chi connectivity index (χ1) is 5.52. The molecule has 0 aromatic carbocycles. The van der Waals surface area contributed by atoms with Crippen LogP contribution in [-0.4, -0.2) is 43.8 Å². The van der Waals surface area contributed by atoms with Gasteiger partial charge in [-0.25, -0.2) is 4.39 Å². The SMILES string of the molecule is CN(C)CC(=O)OCC1(F)CC1. The van der Waals surface area contributed by atoms with Gasteiger partial charge < -0.3 is 4.74 Å². The molecule has 0 atom stereocenters. The molecule has 0 heterocycles. The third kappa shape index (κ3) is 3.17. The summed E-state index contributed by atoms with van der Waals surface area (Å²) in [5.41, 5.74) is -1.19. The van der Waals surface area contributed by atoms with Gasteiger partial charge in [-0.05, 0) is 26.9 Å². The number of alkyl halides is 1. The van der Waals surface area contributed by atoms with Gasteiger partial charge in [-0.1, -0.05) is 0 Å². The van der Waals surface area contributed by atoms with Crippen LogP contribution in [0.25, 0.3) is 0 Å². The normalized spacial score (nSPS) is 19.3. The fourth-order valence-electron chi connectivity index (χ4n) is 0.794. The van der Waals surface area contributed by atoms with E-state index in [1.807, 2.05) is 0 Å². The monoisotopic (exact) mass is 175 g/mol. The quantitative estimate of drug-likeness (QED) is 0.586. The van der Waals surface area contributed by atoms with E-state index in [-0.39, 0.29) is 19.1 Å². The maximum absolute atomic E-state index is 12.9. The van der Waals surface area contributed by atoms with Crippen molar-refractivity contribution in [2.24, 2.45) is 0 Å². The van der Waals surface area contributed by atoms with E-state index in [1.165, 1.54) is 0 Å². The van der Waals surface area contributed by atoms with Crippen LogP contribution in [0.3, 0.4) is 0 Å². The Hall–Kier alpha value is -0.640. The van der Waals surface area contributed by atoms with Crippen LogP contribution in [0.15, 0.2) is 0 Å². The number of nitrogens with zero attached hydrogens (tertiary/aromatic N) is 1. The Morgan fingerprint density at radius 3 is 2.58 bits per heavy atom. The Bertz CT molecular complexity index is 178.